The number of aliphatic carboxylic acids is 1. The second-order valence-electron chi connectivity index (χ2n) is 4.46. The third-order valence-corrected chi connectivity index (χ3v) is 4.97. The molecule has 1 aromatic heterocycles. The summed E-state index contributed by atoms with van der Waals surface area (Å²) in [6.07, 6.45) is 1.96. The number of fused-ring (bicyclic) bond motifs is 1. The van der Waals surface area contributed by atoms with E-state index in [1.165, 1.54) is 6.26 Å². The van der Waals surface area contributed by atoms with Gasteiger partial charge in [-0.15, -0.1) is 11.3 Å². The number of thiophene rings is 1. The van der Waals surface area contributed by atoms with Crippen LogP contribution < -0.4 is 0 Å². The van der Waals surface area contributed by atoms with E-state index in [0.717, 1.165) is 16.9 Å². The van der Waals surface area contributed by atoms with Gasteiger partial charge >= 0.3 is 5.97 Å². The minimum absolute atomic E-state index is 0.00372. The summed E-state index contributed by atoms with van der Waals surface area (Å²) in [4.78, 5) is 14.2. The molecule has 1 atom stereocenters. The largest absolute Gasteiger partial charge is 0.480 e. The average molecular weight is 289 g/mol. The molecule has 0 spiro atoms. The third-order valence-electron chi connectivity index (χ3n) is 3.05. The topological polar surface area (TPSA) is 74.7 Å². The number of hydrogen-bond acceptors (Lipinski definition) is 5. The van der Waals surface area contributed by atoms with Gasteiger partial charge in [0.25, 0.3) is 0 Å². The molecule has 5 nitrogen and oxygen atoms in total. The highest BCUT2D eigenvalue weighted by Gasteiger charge is 2.33. The lowest BCUT2D eigenvalue weighted by atomic mass is 10.0. The Bertz CT molecular complexity index is 549. The quantitative estimate of drug-likeness (QED) is 0.886. The zero-order chi connectivity index (χ0) is 13.3. The van der Waals surface area contributed by atoms with Gasteiger partial charge in [-0.25, -0.2) is 8.42 Å². The summed E-state index contributed by atoms with van der Waals surface area (Å²) in [5.41, 5.74) is 0.812. The van der Waals surface area contributed by atoms with Gasteiger partial charge < -0.3 is 5.11 Å². The number of carboxylic acids is 1. The molecule has 1 aliphatic heterocycles. The van der Waals surface area contributed by atoms with Gasteiger partial charge in [-0.2, -0.15) is 0 Å². The van der Waals surface area contributed by atoms with E-state index < -0.39 is 21.8 Å². The van der Waals surface area contributed by atoms with Gasteiger partial charge in [0.15, 0.2) is 0 Å². The first kappa shape index (κ1) is 13.5. The van der Waals surface area contributed by atoms with E-state index in [9.17, 15) is 18.3 Å². The van der Waals surface area contributed by atoms with Crippen LogP contribution in [0.4, 0.5) is 0 Å². The van der Waals surface area contributed by atoms with Crippen LogP contribution in [-0.4, -0.2) is 49.5 Å². The number of hydrogen-bond donors (Lipinski definition) is 1. The van der Waals surface area contributed by atoms with E-state index in [0.29, 0.717) is 6.54 Å². The summed E-state index contributed by atoms with van der Waals surface area (Å²) in [5.74, 6) is -0.918. The lowest BCUT2D eigenvalue weighted by Crippen LogP contribution is -2.41. The molecule has 0 amide bonds. The Kier molecular flexibility index (Phi) is 3.74. The van der Waals surface area contributed by atoms with Crippen molar-refractivity contribution in [3.63, 3.8) is 0 Å². The lowest BCUT2D eigenvalue weighted by Gasteiger charge is -2.32. The van der Waals surface area contributed by atoms with E-state index in [1.54, 1.807) is 16.2 Å². The highest BCUT2D eigenvalue weighted by Crippen LogP contribution is 2.33. The molecule has 1 N–H and O–H groups in total. The maximum atomic E-state index is 11.4. The summed E-state index contributed by atoms with van der Waals surface area (Å²) in [7, 11) is -3.07. The fourth-order valence-corrected chi connectivity index (χ4v) is 3.65. The van der Waals surface area contributed by atoms with E-state index in [2.05, 4.69) is 0 Å². The van der Waals surface area contributed by atoms with Gasteiger partial charge in [0, 0.05) is 24.2 Å². The fourth-order valence-electron chi connectivity index (χ4n) is 2.18. The Balaban J connectivity index is 2.19. The van der Waals surface area contributed by atoms with Gasteiger partial charge in [-0.1, -0.05) is 0 Å². The van der Waals surface area contributed by atoms with Crippen molar-refractivity contribution in [2.45, 2.75) is 12.5 Å². The van der Waals surface area contributed by atoms with Crippen LogP contribution in [0.15, 0.2) is 11.4 Å². The maximum absolute atomic E-state index is 11.4. The molecule has 1 aromatic rings. The van der Waals surface area contributed by atoms with Crippen LogP contribution >= 0.6 is 11.3 Å². The van der Waals surface area contributed by atoms with Crippen LogP contribution in [0.5, 0.6) is 0 Å². The summed E-state index contributed by atoms with van der Waals surface area (Å²) < 4.78 is 22.3. The number of carbonyl (C=O) groups is 1. The Morgan fingerprint density at radius 2 is 2.33 bits per heavy atom. The van der Waals surface area contributed by atoms with Gasteiger partial charge in [0.1, 0.15) is 15.9 Å². The van der Waals surface area contributed by atoms with E-state index in [1.807, 2.05) is 11.4 Å². The van der Waals surface area contributed by atoms with E-state index in [-0.39, 0.29) is 12.3 Å². The smallest absolute Gasteiger partial charge is 0.325 e. The second kappa shape index (κ2) is 4.99. The van der Waals surface area contributed by atoms with Crippen molar-refractivity contribution in [2.75, 3.05) is 25.1 Å². The van der Waals surface area contributed by atoms with Crippen LogP contribution in [0, 0.1) is 0 Å². The molecule has 0 bridgehead atoms. The number of rotatable bonds is 4. The summed E-state index contributed by atoms with van der Waals surface area (Å²) in [6, 6.07) is 1.12. The highest BCUT2D eigenvalue weighted by atomic mass is 32.2. The zero-order valence-electron chi connectivity index (χ0n) is 10.00. The monoisotopic (exact) mass is 289 g/mol. The highest BCUT2D eigenvalue weighted by molar-refractivity contribution is 7.90. The molecule has 1 unspecified atom stereocenters. The van der Waals surface area contributed by atoms with Crippen LogP contribution in [-0.2, 0) is 21.1 Å². The molecule has 0 aliphatic carbocycles. The molecular weight excluding hydrogens is 274 g/mol. The molecule has 7 heteroatoms. The molecule has 18 heavy (non-hydrogen) atoms. The van der Waals surface area contributed by atoms with Crippen molar-refractivity contribution in [3.8, 4) is 0 Å². The van der Waals surface area contributed by atoms with Gasteiger partial charge in [0.2, 0.25) is 0 Å². The molecule has 0 saturated heterocycles. The molecule has 2 rings (SSSR count). The zero-order valence-corrected chi connectivity index (χ0v) is 11.6. The molecule has 1 aliphatic rings. The summed E-state index contributed by atoms with van der Waals surface area (Å²) in [5, 5.41) is 11.2. The predicted molar refractivity (Wildman–Crippen MR) is 69.7 cm³/mol. The van der Waals surface area contributed by atoms with Crippen LogP contribution in [0.3, 0.4) is 0 Å². The van der Waals surface area contributed by atoms with E-state index >= 15 is 0 Å². The van der Waals surface area contributed by atoms with Crippen molar-refractivity contribution < 1.29 is 18.3 Å². The minimum atomic E-state index is -3.07. The molecule has 0 saturated carbocycles. The molecule has 0 radical (unpaired) electrons. The van der Waals surface area contributed by atoms with Gasteiger partial charge in [0.05, 0.1) is 5.75 Å². The normalized spacial score (nSPS) is 20.6. The number of carboxylic acid groups (broad SMARTS) is 1. The first-order valence-electron chi connectivity index (χ1n) is 5.59. The molecule has 0 fully saturated rings. The Labute approximate surface area is 110 Å². The molecule has 100 valence electrons. The fraction of sp³-hybridized carbons (Fsp3) is 0.545. The minimum Gasteiger partial charge on any atom is -0.480 e. The van der Waals surface area contributed by atoms with Crippen LogP contribution in [0.1, 0.15) is 16.5 Å². The standard InChI is InChI=1S/C11H15NO4S2/c1-18(15,16)7-5-12-4-2-9-8(3-6-17-9)10(12)11(13)14/h3,6,10H,2,4-5,7H2,1H3,(H,13,14). The predicted octanol–water partition coefficient (Wildman–Crippen LogP) is 0.776. The summed E-state index contributed by atoms with van der Waals surface area (Å²) >= 11 is 1.56. The van der Waals surface area contributed by atoms with Crippen LogP contribution in [0.2, 0.25) is 0 Å². The van der Waals surface area contributed by atoms with Gasteiger partial charge in [-0.3, -0.25) is 9.69 Å². The first-order valence-corrected chi connectivity index (χ1v) is 8.53. The van der Waals surface area contributed by atoms with Crippen molar-refractivity contribution in [3.05, 3.63) is 21.9 Å². The summed E-state index contributed by atoms with van der Waals surface area (Å²) in [6.45, 7) is 0.866. The molecular formula is C11H15NO4S2. The Morgan fingerprint density at radius 3 is 2.94 bits per heavy atom. The van der Waals surface area contributed by atoms with Crippen molar-refractivity contribution in [2.24, 2.45) is 0 Å². The first-order chi connectivity index (χ1) is 8.38. The second-order valence-corrected chi connectivity index (χ2v) is 7.72. The van der Waals surface area contributed by atoms with Crippen molar-refractivity contribution >= 4 is 27.1 Å². The van der Waals surface area contributed by atoms with Crippen LogP contribution in [0.25, 0.3) is 0 Å². The SMILES string of the molecule is CS(=O)(=O)CCN1CCc2sccc2C1C(=O)O. The van der Waals surface area contributed by atoms with Crippen molar-refractivity contribution in [1.82, 2.24) is 4.90 Å². The average Bonchev–Trinajstić information content (AvgIpc) is 2.71. The molecule has 2 heterocycles. The number of sulfone groups is 1. The maximum Gasteiger partial charge on any atom is 0.325 e. The van der Waals surface area contributed by atoms with E-state index in [4.69, 9.17) is 0 Å². The third kappa shape index (κ3) is 2.90. The Hall–Kier alpha value is -0.920. The number of nitrogens with zero attached hydrogens (tertiary/aromatic N) is 1. The Morgan fingerprint density at radius 1 is 1.61 bits per heavy atom. The van der Waals surface area contributed by atoms with Crippen molar-refractivity contribution in [1.29, 1.82) is 0 Å². The molecule has 0 aromatic carbocycles. The van der Waals surface area contributed by atoms with Gasteiger partial charge in [-0.05, 0) is 23.4 Å². The lowest BCUT2D eigenvalue weighted by molar-refractivity contribution is -0.143.